The fourth-order valence-electron chi connectivity index (χ4n) is 1.07. The van der Waals surface area contributed by atoms with Crippen LogP contribution in [-0.2, 0) is 9.53 Å². The van der Waals surface area contributed by atoms with E-state index in [0.29, 0.717) is 5.56 Å². The van der Waals surface area contributed by atoms with E-state index in [0.717, 1.165) is 5.69 Å². The molecule has 4 nitrogen and oxygen atoms in total. The SMILES string of the molecule is COC(=O)CNc1ccc(C(C)=O)cc1. The number of ether oxygens (including phenoxy) is 1. The third-order valence-corrected chi connectivity index (χ3v) is 1.96. The van der Waals surface area contributed by atoms with E-state index in [-0.39, 0.29) is 18.3 Å². The van der Waals surface area contributed by atoms with E-state index in [1.54, 1.807) is 24.3 Å². The molecule has 0 aliphatic heterocycles. The molecule has 0 heterocycles. The van der Waals surface area contributed by atoms with Gasteiger partial charge in [0, 0.05) is 11.3 Å². The van der Waals surface area contributed by atoms with Gasteiger partial charge in [0.15, 0.2) is 5.78 Å². The molecule has 0 bridgehead atoms. The highest BCUT2D eigenvalue weighted by atomic mass is 16.5. The number of anilines is 1. The number of methoxy groups -OCH3 is 1. The molecule has 0 saturated carbocycles. The fraction of sp³-hybridized carbons (Fsp3) is 0.273. The first-order valence-corrected chi connectivity index (χ1v) is 4.55. The second-order valence-corrected chi connectivity index (χ2v) is 3.06. The van der Waals surface area contributed by atoms with Crippen molar-refractivity contribution in [2.75, 3.05) is 19.0 Å². The zero-order chi connectivity index (χ0) is 11.3. The molecule has 0 unspecified atom stereocenters. The number of carbonyl (C=O) groups is 2. The molecule has 0 amide bonds. The van der Waals surface area contributed by atoms with Crippen LogP contribution in [0.25, 0.3) is 0 Å². The average Bonchev–Trinajstić information content (AvgIpc) is 2.26. The summed E-state index contributed by atoms with van der Waals surface area (Å²) in [4.78, 5) is 21.8. The molecule has 0 atom stereocenters. The van der Waals surface area contributed by atoms with Gasteiger partial charge in [0.25, 0.3) is 0 Å². The lowest BCUT2D eigenvalue weighted by Crippen LogP contribution is -2.14. The fourth-order valence-corrected chi connectivity index (χ4v) is 1.07. The molecule has 0 aliphatic rings. The standard InChI is InChI=1S/C11H13NO3/c1-8(13)9-3-5-10(6-4-9)12-7-11(14)15-2/h3-6,12H,7H2,1-2H3. The van der Waals surface area contributed by atoms with Crippen molar-refractivity contribution in [1.82, 2.24) is 0 Å². The van der Waals surface area contributed by atoms with Gasteiger partial charge in [0.1, 0.15) is 6.54 Å². The number of Topliss-reactive ketones (excluding diaryl/α,β-unsaturated/α-hetero) is 1. The number of esters is 1. The van der Waals surface area contributed by atoms with Crippen molar-refractivity contribution < 1.29 is 14.3 Å². The molecule has 0 fully saturated rings. The van der Waals surface area contributed by atoms with Crippen molar-refractivity contribution in [3.8, 4) is 0 Å². The zero-order valence-electron chi connectivity index (χ0n) is 8.74. The normalized spacial score (nSPS) is 9.47. The van der Waals surface area contributed by atoms with Gasteiger partial charge in [0.2, 0.25) is 0 Å². The van der Waals surface area contributed by atoms with Crippen LogP contribution < -0.4 is 5.32 Å². The van der Waals surface area contributed by atoms with Crippen molar-refractivity contribution >= 4 is 17.4 Å². The molecule has 0 spiro atoms. The maximum absolute atomic E-state index is 11.0. The molecule has 0 radical (unpaired) electrons. The highest BCUT2D eigenvalue weighted by Crippen LogP contribution is 2.09. The summed E-state index contributed by atoms with van der Waals surface area (Å²) in [6.07, 6.45) is 0. The number of rotatable bonds is 4. The predicted octanol–water partition coefficient (Wildman–Crippen LogP) is 1.47. The highest BCUT2D eigenvalue weighted by Gasteiger charge is 2.01. The molecular weight excluding hydrogens is 194 g/mol. The monoisotopic (exact) mass is 207 g/mol. The van der Waals surface area contributed by atoms with Crippen molar-refractivity contribution in [2.45, 2.75) is 6.92 Å². The van der Waals surface area contributed by atoms with E-state index in [1.807, 2.05) is 0 Å². The van der Waals surface area contributed by atoms with Gasteiger partial charge in [-0.1, -0.05) is 0 Å². The maximum Gasteiger partial charge on any atom is 0.325 e. The van der Waals surface area contributed by atoms with E-state index in [4.69, 9.17) is 0 Å². The Bertz CT molecular complexity index is 357. The van der Waals surface area contributed by atoms with Crippen LogP contribution in [0.3, 0.4) is 0 Å². The molecule has 0 aromatic heterocycles. The second-order valence-electron chi connectivity index (χ2n) is 3.06. The van der Waals surface area contributed by atoms with Crippen LogP contribution in [0.5, 0.6) is 0 Å². The minimum Gasteiger partial charge on any atom is -0.468 e. The Morgan fingerprint density at radius 1 is 1.27 bits per heavy atom. The van der Waals surface area contributed by atoms with Gasteiger partial charge < -0.3 is 10.1 Å². The van der Waals surface area contributed by atoms with Crippen molar-refractivity contribution in [3.05, 3.63) is 29.8 Å². The summed E-state index contributed by atoms with van der Waals surface area (Å²) < 4.78 is 4.48. The van der Waals surface area contributed by atoms with Crippen molar-refractivity contribution in [1.29, 1.82) is 0 Å². The van der Waals surface area contributed by atoms with Gasteiger partial charge in [0.05, 0.1) is 7.11 Å². The second kappa shape index (κ2) is 5.14. The Hall–Kier alpha value is -1.84. The van der Waals surface area contributed by atoms with E-state index >= 15 is 0 Å². The minimum absolute atomic E-state index is 0.0227. The van der Waals surface area contributed by atoms with Gasteiger partial charge >= 0.3 is 5.97 Å². The van der Waals surface area contributed by atoms with Gasteiger partial charge in [-0.25, -0.2) is 0 Å². The first-order chi connectivity index (χ1) is 7.13. The third-order valence-electron chi connectivity index (χ3n) is 1.96. The Morgan fingerprint density at radius 3 is 2.33 bits per heavy atom. The molecule has 0 aliphatic carbocycles. The Balaban J connectivity index is 2.57. The lowest BCUT2D eigenvalue weighted by atomic mass is 10.1. The quantitative estimate of drug-likeness (QED) is 0.600. The largest absolute Gasteiger partial charge is 0.468 e. The van der Waals surface area contributed by atoms with E-state index in [9.17, 15) is 9.59 Å². The van der Waals surface area contributed by atoms with Gasteiger partial charge in [-0.05, 0) is 31.2 Å². The predicted molar refractivity (Wildman–Crippen MR) is 57.0 cm³/mol. The number of ketones is 1. The van der Waals surface area contributed by atoms with Crippen LogP contribution in [0, 0.1) is 0 Å². The molecule has 1 aromatic rings. The van der Waals surface area contributed by atoms with Gasteiger partial charge in [-0.15, -0.1) is 0 Å². The molecule has 4 heteroatoms. The summed E-state index contributed by atoms with van der Waals surface area (Å²) in [5.74, 6) is -0.305. The number of nitrogens with one attached hydrogen (secondary N) is 1. The van der Waals surface area contributed by atoms with Gasteiger partial charge in [-0.3, -0.25) is 9.59 Å². The molecule has 1 rings (SSSR count). The summed E-state index contributed by atoms with van der Waals surface area (Å²) in [7, 11) is 1.34. The van der Waals surface area contributed by atoms with Crippen LogP contribution in [0.15, 0.2) is 24.3 Å². The lowest BCUT2D eigenvalue weighted by Gasteiger charge is -2.04. The summed E-state index contributed by atoms with van der Waals surface area (Å²) in [6.45, 7) is 1.63. The Morgan fingerprint density at radius 2 is 1.87 bits per heavy atom. The number of benzene rings is 1. The Kier molecular flexibility index (Phi) is 3.85. The Labute approximate surface area is 88.2 Å². The molecule has 0 saturated heterocycles. The topological polar surface area (TPSA) is 55.4 Å². The summed E-state index contributed by atoms with van der Waals surface area (Å²) >= 11 is 0. The minimum atomic E-state index is -0.328. The van der Waals surface area contributed by atoms with Crippen LogP contribution in [-0.4, -0.2) is 25.4 Å². The number of carbonyl (C=O) groups excluding carboxylic acids is 2. The molecular formula is C11H13NO3. The van der Waals surface area contributed by atoms with Crippen LogP contribution in [0.4, 0.5) is 5.69 Å². The molecule has 15 heavy (non-hydrogen) atoms. The first kappa shape index (κ1) is 11.2. The average molecular weight is 207 g/mol. The van der Waals surface area contributed by atoms with Gasteiger partial charge in [-0.2, -0.15) is 0 Å². The zero-order valence-corrected chi connectivity index (χ0v) is 8.74. The van der Waals surface area contributed by atoms with E-state index in [1.165, 1.54) is 14.0 Å². The van der Waals surface area contributed by atoms with Crippen LogP contribution >= 0.6 is 0 Å². The summed E-state index contributed by atoms with van der Waals surface area (Å²) in [5.41, 5.74) is 1.43. The molecule has 1 N–H and O–H groups in total. The maximum atomic E-state index is 11.0. The lowest BCUT2D eigenvalue weighted by molar-refractivity contribution is -0.138. The smallest absolute Gasteiger partial charge is 0.325 e. The van der Waals surface area contributed by atoms with Crippen molar-refractivity contribution in [3.63, 3.8) is 0 Å². The molecule has 80 valence electrons. The molecule has 1 aromatic carbocycles. The van der Waals surface area contributed by atoms with Crippen molar-refractivity contribution in [2.24, 2.45) is 0 Å². The third kappa shape index (κ3) is 3.42. The number of hydrogen-bond donors (Lipinski definition) is 1. The highest BCUT2D eigenvalue weighted by molar-refractivity contribution is 5.94. The number of hydrogen-bond acceptors (Lipinski definition) is 4. The first-order valence-electron chi connectivity index (χ1n) is 4.55. The van der Waals surface area contributed by atoms with E-state index < -0.39 is 0 Å². The van der Waals surface area contributed by atoms with Crippen LogP contribution in [0.2, 0.25) is 0 Å². The van der Waals surface area contributed by atoms with Crippen LogP contribution in [0.1, 0.15) is 17.3 Å². The summed E-state index contributed by atoms with van der Waals surface area (Å²) in [6, 6.07) is 6.92. The van der Waals surface area contributed by atoms with E-state index in [2.05, 4.69) is 10.1 Å². The summed E-state index contributed by atoms with van der Waals surface area (Å²) in [5, 5.41) is 2.88.